The van der Waals surface area contributed by atoms with E-state index in [1.807, 2.05) is 24.3 Å². The third-order valence-corrected chi connectivity index (χ3v) is 3.74. The predicted octanol–water partition coefficient (Wildman–Crippen LogP) is 4.57. The largest absolute Gasteiger partial charge is 0.436 e. The maximum Gasteiger partial charge on any atom is 0.228 e. The number of fused-ring (bicyclic) bond motifs is 1. The normalized spacial score (nSPS) is 10.8. The fourth-order valence-electron chi connectivity index (χ4n) is 1.92. The second kappa shape index (κ2) is 5.63. The van der Waals surface area contributed by atoms with Gasteiger partial charge in [-0.2, -0.15) is 0 Å². The van der Waals surface area contributed by atoms with Crippen LogP contribution in [0.1, 0.15) is 0 Å². The van der Waals surface area contributed by atoms with Crippen molar-refractivity contribution in [3.05, 3.63) is 45.9 Å². The molecule has 0 aliphatic rings. The summed E-state index contributed by atoms with van der Waals surface area (Å²) >= 11 is 14.4. The lowest BCUT2D eigenvalue weighted by Gasteiger charge is -2.01. The summed E-state index contributed by atoms with van der Waals surface area (Å²) in [5, 5.41) is 3.64. The Bertz CT molecular complexity index is 849. The van der Waals surface area contributed by atoms with Crippen molar-refractivity contribution in [2.45, 2.75) is 0 Å². The summed E-state index contributed by atoms with van der Waals surface area (Å²) in [6.45, 7) is 0. The number of nitrogens with zero attached hydrogens (tertiary/aromatic N) is 1. The highest BCUT2D eigenvalue weighted by atomic mass is 79.9. The van der Waals surface area contributed by atoms with Crippen LogP contribution in [0.4, 0.5) is 5.69 Å². The van der Waals surface area contributed by atoms with Crippen molar-refractivity contribution < 1.29 is 4.42 Å². The minimum absolute atomic E-state index is 0.202. The van der Waals surface area contributed by atoms with Gasteiger partial charge in [0, 0.05) is 10.2 Å². The monoisotopic (exact) mass is 381 g/mol. The molecule has 0 fully saturated rings. The van der Waals surface area contributed by atoms with E-state index >= 15 is 0 Å². The lowest BCUT2D eigenvalue weighted by Crippen LogP contribution is -2.18. The number of nitrogens with two attached hydrogens (primary N) is 1. The predicted molar refractivity (Wildman–Crippen MR) is 92.6 cm³/mol. The van der Waals surface area contributed by atoms with Gasteiger partial charge in [0.1, 0.15) is 5.52 Å². The molecule has 106 valence electrons. The van der Waals surface area contributed by atoms with Crippen LogP contribution in [0.3, 0.4) is 0 Å². The van der Waals surface area contributed by atoms with Gasteiger partial charge in [-0.05, 0) is 48.6 Å². The fourth-order valence-corrected chi connectivity index (χ4v) is 2.60. The number of benzene rings is 2. The number of oxazole rings is 1. The molecule has 0 atom stereocenters. The van der Waals surface area contributed by atoms with Gasteiger partial charge in [0.15, 0.2) is 10.7 Å². The molecule has 0 radical (unpaired) electrons. The third-order valence-electron chi connectivity index (χ3n) is 2.81. The van der Waals surface area contributed by atoms with Gasteiger partial charge in [-0.1, -0.05) is 27.5 Å². The number of aromatic nitrogens is 1. The quantitative estimate of drug-likeness (QED) is 0.636. The summed E-state index contributed by atoms with van der Waals surface area (Å²) in [6.07, 6.45) is 0. The Balaban J connectivity index is 2.08. The molecule has 1 aromatic heterocycles. The molecule has 3 aromatic rings. The van der Waals surface area contributed by atoms with Gasteiger partial charge < -0.3 is 15.5 Å². The van der Waals surface area contributed by atoms with Gasteiger partial charge in [0.2, 0.25) is 5.89 Å². The summed E-state index contributed by atoms with van der Waals surface area (Å²) < 4.78 is 6.64. The van der Waals surface area contributed by atoms with E-state index in [9.17, 15) is 0 Å². The van der Waals surface area contributed by atoms with Crippen LogP contribution in [0.15, 0.2) is 45.3 Å². The molecule has 3 rings (SSSR count). The number of hydrogen-bond acceptors (Lipinski definition) is 3. The van der Waals surface area contributed by atoms with Crippen LogP contribution in [-0.2, 0) is 0 Å². The molecular weight excluding hydrogens is 374 g/mol. The zero-order valence-corrected chi connectivity index (χ0v) is 13.7. The van der Waals surface area contributed by atoms with E-state index in [2.05, 4.69) is 26.2 Å². The number of hydrogen-bond donors (Lipinski definition) is 2. The Morgan fingerprint density at radius 1 is 1.29 bits per heavy atom. The highest BCUT2D eigenvalue weighted by Gasteiger charge is 2.12. The highest BCUT2D eigenvalue weighted by molar-refractivity contribution is 9.10. The van der Waals surface area contributed by atoms with Crippen molar-refractivity contribution in [1.29, 1.82) is 0 Å². The zero-order chi connectivity index (χ0) is 15.0. The Hall–Kier alpha value is -1.63. The first-order valence-electron chi connectivity index (χ1n) is 5.95. The van der Waals surface area contributed by atoms with Gasteiger partial charge in [-0.25, -0.2) is 4.98 Å². The third kappa shape index (κ3) is 3.02. The minimum Gasteiger partial charge on any atom is -0.436 e. The van der Waals surface area contributed by atoms with Gasteiger partial charge in [0.05, 0.1) is 10.6 Å². The van der Waals surface area contributed by atoms with Crippen LogP contribution in [0, 0.1) is 0 Å². The topological polar surface area (TPSA) is 64.1 Å². The molecule has 0 spiro atoms. The van der Waals surface area contributed by atoms with Gasteiger partial charge in [0.25, 0.3) is 0 Å². The van der Waals surface area contributed by atoms with Crippen molar-refractivity contribution in [2.24, 2.45) is 5.73 Å². The number of thiocarbonyl (C=S) groups is 1. The first-order valence-corrected chi connectivity index (χ1v) is 7.53. The maximum atomic E-state index is 6.19. The molecule has 0 unspecified atom stereocenters. The standard InChI is InChI=1S/C14H9BrClN3OS/c15-7-1-3-10(16)9(5-7)13-19-11-6-8(18-14(17)21)2-4-12(11)20-13/h1-6H,(H3,17,18,21). The SMILES string of the molecule is NC(=S)Nc1ccc2oc(-c3cc(Br)ccc3Cl)nc2c1. The maximum absolute atomic E-state index is 6.19. The minimum atomic E-state index is 0.202. The fraction of sp³-hybridized carbons (Fsp3) is 0. The van der Waals surface area contributed by atoms with Crippen LogP contribution >= 0.6 is 39.7 Å². The molecule has 2 aromatic carbocycles. The summed E-state index contributed by atoms with van der Waals surface area (Å²) in [7, 11) is 0. The number of rotatable bonds is 2. The van der Waals surface area contributed by atoms with Crippen LogP contribution < -0.4 is 11.1 Å². The van der Waals surface area contributed by atoms with Crippen molar-refractivity contribution in [2.75, 3.05) is 5.32 Å². The first kappa shape index (κ1) is 14.3. The van der Waals surface area contributed by atoms with Crippen molar-refractivity contribution in [3.8, 4) is 11.5 Å². The molecule has 3 N–H and O–H groups in total. The van der Waals surface area contributed by atoms with Gasteiger partial charge in [-0.15, -0.1) is 0 Å². The molecule has 1 heterocycles. The molecule has 0 saturated heterocycles. The Labute approximate surface area is 139 Å². The van der Waals surface area contributed by atoms with Crippen LogP contribution in [0.5, 0.6) is 0 Å². The summed E-state index contributed by atoms with van der Waals surface area (Å²) in [6, 6.07) is 10.9. The molecule has 7 heteroatoms. The second-order valence-corrected chi connectivity index (χ2v) is 6.08. The van der Waals surface area contributed by atoms with Crippen LogP contribution in [0.2, 0.25) is 5.02 Å². The van der Waals surface area contributed by atoms with E-state index in [0.717, 1.165) is 15.7 Å². The Morgan fingerprint density at radius 2 is 2.10 bits per heavy atom. The van der Waals surface area contributed by atoms with Crippen LogP contribution in [0.25, 0.3) is 22.6 Å². The second-order valence-electron chi connectivity index (χ2n) is 4.31. The van der Waals surface area contributed by atoms with E-state index in [-0.39, 0.29) is 5.11 Å². The lowest BCUT2D eigenvalue weighted by molar-refractivity contribution is 0.620. The summed E-state index contributed by atoms with van der Waals surface area (Å²) in [5.74, 6) is 0.462. The number of halogens is 2. The Kier molecular flexibility index (Phi) is 3.84. The average Bonchev–Trinajstić information content (AvgIpc) is 2.83. The van der Waals surface area contributed by atoms with E-state index in [1.54, 1.807) is 12.1 Å². The van der Waals surface area contributed by atoms with Crippen molar-refractivity contribution in [3.63, 3.8) is 0 Å². The summed E-state index contributed by atoms with van der Waals surface area (Å²) in [5.41, 5.74) is 8.30. The van der Waals surface area contributed by atoms with Crippen LogP contribution in [-0.4, -0.2) is 10.1 Å². The highest BCUT2D eigenvalue weighted by Crippen LogP contribution is 2.32. The lowest BCUT2D eigenvalue weighted by atomic mass is 10.2. The van der Waals surface area contributed by atoms with E-state index in [1.165, 1.54) is 0 Å². The van der Waals surface area contributed by atoms with Crippen molar-refractivity contribution >= 4 is 61.6 Å². The molecule has 21 heavy (non-hydrogen) atoms. The number of anilines is 1. The molecule has 0 saturated carbocycles. The molecule has 0 bridgehead atoms. The van der Waals surface area contributed by atoms with Crippen molar-refractivity contribution in [1.82, 2.24) is 4.98 Å². The van der Waals surface area contributed by atoms with E-state index in [0.29, 0.717) is 22.0 Å². The summed E-state index contributed by atoms with van der Waals surface area (Å²) in [4.78, 5) is 4.46. The molecule has 0 amide bonds. The molecule has 0 aliphatic carbocycles. The molecule has 0 aliphatic heterocycles. The van der Waals surface area contributed by atoms with E-state index in [4.69, 9.17) is 34.0 Å². The average molecular weight is 383 g/mol. The van der Waals surface area contributed by atoms with E-state index < -0.39 is 0 Å². The Morgan fingerprint density at radius 3 is 2.86 bits per heavy atom. The molecular formula is C14H9BrClN3OS. The smallest absolute Gasteiger partial charge is 0.228 e. The van der Waals surface area contributed by atoms with Gasteiger partial charge in [-0.3, -0.25) is 0 Å². The number of nitrogens with one attached hydrogen (secondary N) is 1. The first-order chi connectivity index (χ1) is 10.0. The van der Waals surface area contributed by atoms with Gasteiger partial charge >= 0.3 is 0 Å². The zero-order valence-electron chi connectivity index (χ0n) is 10.6. The molecule has 4 nitrogen and oxygen atoms in total.